The fourth-order valence-corrected chi connectivity index (χ4v) is 2.84. The fourth-order valence-electron chi connectivity index (χ4n) is 2.84. The van der Waals surface area contributed by atoms with Crippen molar-refractivity contribution in [1.82, 2.24) is 10.6 Å². The van der Waals surface area contributed by atoms with Gasteiger partial charge in [0.15, 0.2) is 0 Å². The molecule has 180 valence electrons. The minimum atomic E-state index is -4.52. The topological polar surface area (TPSA) is 106 Å². The van der Waals surface area contributed by atoms with Gasteiger partial charge >= 0.3 is 6.18 Å². The van der Waals surface area contributed by atoms with Crippen LogP contribution < -0.4 is 22.1 Å². The summed E-state index contributed by atoms with van der Waals surface area (Å²) < 4.78 is 65.1. The van der Waals surface area contributed by atoms with Gasteiger partial charge in [0.05, 0.1) is 11.7 Å². The van der Waals surface area contributed by atoms with E-state index in [1.165, 1.54) is 0 Å². The summed E-state index contributed by atoms with van der Waals surface area (Å²) in [4.78, 5) is 16.4. The van der Waals surface area contributed by atoms with Crippen molar-refractivity contribution in [3.8, 4) is 0 Å². The maximum absolute atomic E-state index is 13.4. The van der Waals surface area contributed by atoms with E-state index >= 15 is 0 Å². The quantitative estimate of drug-likeness (QED) is 0.213. The minimum absolute atomic E-state index is 0.000583. The highest BCUT2D eigenvalue weighted by Crippen LogP contribution is 2.29. The van der Waals surface area contributed by atoms with Crippen LogP contribution in [0.25, 0.3) is 0 Å². The van der Waals surface area contributed by atoms with E-state index in [0.717, 1.165) is 42.5 Å². The lowest BCUT2D eigenvalue weighted by molar-refractivity contribution is -0.137. The van der Waals surface area contributed by atoms with E-state index in [1.807, 2.05) is 13.8 Å². The van der Waals surface area contributed by atoms with Crippen molar-refractivity contribution in [2.75, 3.05) is 0 Å². The van der Waals surface area contributed by atoms with Gasteiger partial charge in [-0.05, 0) is 61.7 Å². The van der Waals surface area contributed by atoms with Crippen LogP contribution in [-0.4, -0.2) is 24.1 Å². The number of aliphatic imine (C=N–C) groups is 1. The van der Waals surface area contributed by atoms with E-state index in [4.69, 9.17) is 11.5 Å². The molecule has 2 aromatic carbocycles. The van der Waals surface area contributed by atoms with Crippen LogP contribution >= 0.6 is 0 Å². The molecule has 0 saturated heterocycles. The third-order valence-corrected chi connectivity index (χ3v) is 4.81. The van der Waals surface area contributed by atoms with Gasteiger partial charge in [-0.2, -0.15) is 18.2 Å². The number of halogens is 5. The zero-order valence-corrected chi connectivity index (χ0v) is 18.1. The van der Waals surface area contributed by atoms with Crippen LogP contribution in [0.2, 0.25) is 0 Å². The van der Waals surface area contributed by atoms with E-state index in [1.54, 1.807) is 0 Å². The predicted octanol–water partition coefficient (Wildman–Crippen LogP) is 3.83. The molecule has 1 amide bonds. The number of nitrogens with two attached hydrogens (primary N) is 2. The Morgan fingerprint density at radius 1 is 1.03 bits per heavy atom. The lowest BCUT2D eigenvalue weighted by Crippen LogP contribution is -2.51. The highest BCUT2D eigenvalue weighted by molar-refractivity contribution is 6.02. The highest BCUT2D eigenvalue weighted by Gasteiger charge is 2.30. The SMILES string of the molecule is CCC(C)N/C(=N/C(=O)c1ccc(C(F)(F)F)cc1)NC(N)CC(N)c1cc(F)cc(F)c1. The van der Waals surface area contributed by atoms with Gasteiger partial charge in [0.25, 0.3) is 5.91 Å². The molecule has 0 aliphatic carbocycles. The monoisotopic (exact) mass is 471 g/mol. The number of alkyl halides is 3. The first-order valence-electron chi connectivity index (χ1n) is 10.2. The zero-order valence-electron chi connectivity index (χ0n) is 18.1. The molecule has 6 nitrogen and oxygen atoms in total. The molecule has 0 fully saturated rings. The first kappa shape index (κ1) is 26.2. The third-order valence-electron chi connectivity index (χ3n) is 4.81. The molecule has 0 spiro atoms. The van der Waals surface area contributed by atoms with Crippen LogP contribution in [0.3, 0.4) is 0 Å². The first-order valence-corrected chi connectivity index (χ1v) is 10.2. The van der Waals surface area contributed by atoms with Gasteiger partial charge in [0.2, 0.25) is 5.96 Å². The molecule has 3 unspecified atom stereocenters. The van der Waals surface area contributed by atoms with Gasteiger partial charge in [0, 0.05) is 23.7 Å². The van der Waals surface area contributed by atoms with Crippen molar-refractivity contribution >= 4 is 11.9 Å². The lowest BCUT2D eigenvalue weighted by atomic mass is 10.0. The predicted molar refractivity (Wildman–Crippen MR) is 115 cm³/mol. The molecule has 2 aromatic rings. The van der Waals surface area contributed by atoms with Crippen LogP contribution in [0.4, 0.5) is 22.0 Å². The molecule has 33 heavy (non-hydrogen) atoms. The second-order valence-corrected chi connectivity index (χ2v) is 7.59. The van der Waals surface area contributed by atoms with Gasteiger partial charge in [-0.3, -0.25) is 4.79 Å². The van der Waals surface area contributed by atoms with Crippen molar-refractivity contribution in [2.24, 2.45) is 16.5 Å². The summed E-state index contributed by atoms with van der Waals surface area (Å²) in [7, 11) is 0. The molecule has 0 bridgehead atoms. The summed E-state index contributed by atoms with van der Waals surface area (Å²) >= 11 is 0. The summed E-state index contributed by atoms with van der Waals surface area (Å²) in [6.07, 6.45) is -4.67. The zero-order chi connectivity index (χ0) is 24.8. The number of rotatable bonds is 7. The van der Waals surface area contributed by atoms with E-state index in [0.29, 0.717) is 6.42 Å². The average Bonchev–Trinajstić information content (AvgIpc) is 2.72. The summed E-state index contributed by atoms with van der Waals surface area (Å²) in [6.45, 7) is 3.72. The molecule has 0 saturated carbocycles. The highest BCUT2D eigenvalue weighted by atomic mass is 19.4. The minimum Gasteiger partial charge on any atom is -0.354 e. The second kappa shape index (κ2) is 11.2. The van der Waals surface area contributed by atoms with Crippen LogP contribution in [0.1, 0.15) is 54.2 Å². The van der Waals surface area contributed by atoms with Gasteiger partial charge in [0.1, 0.15) is 11.6 Å². The van der Waals surface area contributed by atoms with Crippen molar-refractivity contribution in [1.29, 1.82) is 0 Å². The maximum atomic E-state index is 13.4. The summed E-state index contributed by atoms with van der Waals surface area (Å²) in [5.41, 5.74) is 11.3. The molecule has 0 aliphatic rings. The molecule has 11 heteroatoms. The number of carbonyl (C=O) groups excluding carboxylic acids is 1. The normalized spacial score (nSPS) is 15.0. The number of benzene rings is 2. The van der Waals surface area contributed by atoms with Gasteiger partial charge in [-0.1, -0.05) is 6.92 Å². The van der Waals surface area contributed by atoms with E-state index in [2.05, 4.69) is 15.6 Å². The molecule has 0 aromatic heterocycles. The summed E-state index contributed by atoms with van der Waals surface area (Å²) in [5.74, 6) is -2.33. The molecule has 2 rings (SSSR count). The smallest absolute Gasteiger partial charge is 0.354 e. The summed E-state index contributed by atoms with van der Waals surface area (Å²) in [6, 6.07) is 5.64. The number of guanidine groups is 1. The molecule has 6 N–H and O–H groups in total. The largest absolute Gasteiger partial charge is 0.416 e. The van der Waals surface area contributed by atoms with Crippen molar-refractivity contribution in [3.05, 3.63) is 70.8 Å². The number of hydrogen-bond donors (Lipinski definition) is 4. The van der Waals surface area contributed by atoms with Crippen LogP contribution in [-0.2, 0) is 6.18 Å². The Kier molecular flexibility index (Phi) is 8.89. The van der Waals surface area contributed by atoms with Crippen molar-refractivity contribution < 1.29 is 26.7 Å². The molecule has 0 heterocycles. The maximum Gasteiger partial charge on any atom is 0.416 e. The van der Waals surface area contributed by atoms with Gasteiger partial charge in [-0.25, -0.2) is 8.78 Å². The number of hydrogen-bond acceptors (Lipinski definition) is 3. The standard InChI is InChI=1S/C22H26F5N5O/c1-3-12(2)30-21(32-20(33)13-4-6-15(7-5-13)22(25,26)27)31-19(29)11-18(28)14-8-16(23)10-17(24)9-14/h4-10,12,18-19H,3,11,28-29H2,1-2H3,(H2,30,31,32,33). The van der Waals surface area contributed by atoms with Gasteiger partial charge < -0.3 is 22.1 Å². The Balaban J connectivity index is 2.15. The molecule has 0 aliphatic heterocycles. The number of nitrogens with one attached hydrogen (secondary N) is 2. The van der Waals surface area contributed by atoms with Gasteiger partial charge in [-0.15, -0.1) is 0 Å². The van der Waals surface area contributed by atoms with Crippen molar-refractivity contribution in [3.63, 3.8) is 0 Å². The van der Waals surface area contributed by atoms with Crippen molar-refractivity contribution in [2.45, 2.75) is 51.1 Å². The Bertz CT molecular complexity index is 958. The molecule has 0 radical (unpaired) electrons. The number of carbonyl (C=O) groups is 1. The average molecular weight is 471 g/mol. The molecular weight excluding hydrogens is 445 g/mol. The van der Waals surface area contributed by atoms with Crippen LogP contribution in [0.15, 0.2) is 47.5 Å². The Labute approximate surface area is 188 Å². The second-order valence-electron chi connectivity index (χ2n) is 7.59. The Hall–Kier alpha value is -3.05. The van der Waals surface area contributed by atoms with E-state index < -0.39 is 41.5 Å². The number of nitrogens with zero attached hydrogens (tertiary/aromatic N) is 1. The van der Waals surface area contributed by atoms with E-state index in [9.17, 15) is 26.7 Å². The first-order chi connectivity index (χ1) is 15.4. The molecular formula is C22H26F5N5O. The third kappa shape index (κ3) is 8.10. The molecule has 3 atom stereocenters. The number of amides is 1. The summed E-state index contributed by atoms with van der Waals surface area (Å²) in [5, 5.41) is 5.76. The van der Waals surface area contributed by atoms with E-state index in [-0.39, 0.29) is 29.5 Å². The van der Waals surface area contributed by atoms with Crippen LogP contribution in [0.5, 0.6) is 0 Å². The Morgan fingerprint density at radius 2 is 1.61 bits per heavy atom. The lowest BCUT2D eigenvalue weighted by Gasteiger charge is -2.23. The fraction of sp³-hybridized carbons (Fsp3) is 0.364. The Morgan fingerprint density at radius 3 is 2.12 bits per heavy atom. The van der Waals surface area contributed by atoms with Crippen LogP contribution in [0, 0.1) is 11.6 Å².